The van der Waals surface area contributed by atoms with Crippen LogP contribution in [0.1, 0.15) is 22.3 Å². The molecule has 3 rings (SSSR count). The Bertz CT molecular complexity index is 1290. The highest BCUT2D eigenvalue weighted by Crippen LogP contribution is 2.35. The van der Waals surface area contributed by atoms with Gasteiger partial charge in [-0.05, 0) is 79.9 Å². The van der Waals surface area contributed by atoms with E-state index in [1.807, 2.05) is 50.2 Å². The van der Waals surface area contributed by atoms with Gasteiger partial charge >= 0.3 is 0 Å². The van der Waals surface area contributed by atoms with Crippen molar-refractivity contribution in [3.8, 4) is 17.6 Å². The summed E-state index contributed by atoms with van der Waals surface area (Å²) in [5.41, 5.74) is 4.47. The second kappa shape index (κ2) is 13.7. The number of aryl methyl sites for hydroxylation is 3. The van der Waals surface area contributed by atoms with Gasteiger partial charge in [-0.15, -0.1) is 0 Å². The first-order valence-electron chi connectivity index (χ1n) is 11.7. The molecule has 0 aliphatic rings. The van der Waals surface area contributed by atoms with Crippen molar-refractivity contribution in [3.05, 3.63) is 92.5 Å². The molecule has 0 bridgehead atoms. The van der Waals surface area contributed by atoms with Gasteiger partial charge in [-0.2, -0.15) is 5.26 Å². The zero-order valence-electron chi connectivity index (χ0n) is 20.9. The summed E-state index contributed by atoms with van der Waals surface area (Å²) < 4.78 is 16.9. The molecule has 0 spiro atoms. The number of carbonyl (C=O) groups is 1. The van der Waals surface area contributed by atoms with Gasteiger partial charge in [0.15, 0.2) is 5.75 Å². The van der Waals surface area contributed by atoms with Crippen LogP contribution in [-0.2, 0) is 9.53 Å². The van der Waals surface area contributed by atoms with Crippen LogP contribution >= 0.6 is 23.2 Å². The average Bonchev–Trinajstić information content (AvgIpc) is 2.86. The summed E-state index contributed by atoms with van der Waals surface area (Å²) in [5, 5.41) is 12.7. The highest BCUT2D eigenvalue weighted by molar-refractivity contribution is 6.37. The summed E-state index contributed by atoms with van der Waals surface area (Å²) in [4.78, 5) is 12.5. The van der Waals surface area contributed by atoms with Crippen molar-refractivity contribution in [1.29, 1.82) is 5.26 Å². The van der Waals surface area contributed by atoms with Crippen LogP contribution in [0.4, 0.5) is 5.69 Å². The molecule has 3 aromatic carbocycles. The molecule has 3 aromatic rings. The van der Waals surface area contributed by atoms with Crippen LogP contribution in [0.25, 0.3) is 6.08 Å². The number of hydrogen-bond acceptors (Lipinski definition) is 5. The lowest BCUT2D eigenvalue weighted by Gasteiger charge is -2.12. The van der Waals surface area contributed by atoms with Gasteiger partial charge in [-0.25, -0.2) is 0 Å². The molecule has 0 atom stereocenters. The molecule has 0 fully saturated rings. The van der Waals surface area contributed by atoms with Crippen molar-refractivity contribution >= 4 is 40.9 Å². The van der Waals surface area contributed by atoms with Crippen molar-refractivity contribution in [1.82, 2.24) is 0 Å². The molecular weight excluding hydrogens is 511 g/mol. The van der Waals surface area contributed by atoms with Crippen LogP contribution in [0.15, 0.2) is 60.2 Å². The standard InChI is InChI=1S/C29H28Cl2N2O4/c1-19-4-7-24(8-5-19)33-29(34)23(18-32)15-22-16-26(30)28(27(31)17-22)37-13-11-35-10-12-36-25-9-6-20(2)21(3)14-25/h4-9,14-17H,10-13H2,1-3H3,(H,33,34)/b23-15+. The van der Waals surface area contributed by atoms with Gasteiger partial charge < -0.3 is 19.5 Å². The summed E-state index contributed by atoms with van der Waals surface area (Å²) in [6, 6.07) is 18.3. The van der Waals surface area contributed by atoms with E-state index in [0.717, 1.165) is 11.3 Å². The number of carbonyl (C=O) groups excluding carboxylic acids is 1. The van der Waals surface area contributed by atoms with E-state index in [2.05, 4.69) is 12.2 Å². The Labute approximate surface area is 227 Å². The Morgan fingerprint density at radius 3 is 2.16 bits per heavy atom. The minimum Gasteiger partial charge on any atom is -0.491 e. The minimum atomic E-state index is -0.530. The lowest BCUT2D eigenvalue weighted by molar-refractivity contribution is -0.112. The second-order valence-electron chi connectivity index (χ2n) is 8.36. The van der Waals surface area contributed by atoms with Gasteiger partial charge in [0.1, 0.15) is 30.6 Å². The smallest absolute Gasteiger partial charge is 0.266 e. The Morgan fingerprint density at radius 2 is 1.54 bits per heavy atom. The zero-order chi connectivity index (χ0) is 26.8. The molecule has 0 aliphatic heterocycles. The molecule has 0 unspecified atom stereocenters. The first-order valence-corrected chi connectivity index (χ1v) is 12.4. The summed E-state index contributed by atoms with van der Waals surface area (Å²) >= 11 is 12.7. The first-order chi connectivity index (χ1) is 17.8. The summed E-state index contributed by atoms with van der Waals surface area (Å²) in [6.45, 7) is 7.43. The number of nitrogens with zero attached hydrogens (tertiary/aromatic N) is 1. The van der Waals surface area contributed by atoms with Crippen molar-refractivity contribution in [2.45, 2.75) is 20.8 Å². The maximum atomic E-state index is 12.5. The van der Waals surface area contributed by atoms with Gasteiger partial charge in [0, 0.05) is 5.69 Å². The molecule has 37 heavy (non-hydrogen) atoms. The van der Waals surface area contributed by atoms with Crippen molar-refractivity contribution in [3.63, 3.8) is 0 Å². The fraction of sp³-hybridized carbons (Fsp3) is 0.241. The number of nitrogens with one attached hydrogen (secondary N) is 1. The van der Waals surface area contributed by atoms with E-state index in [-0.39, 0.29) is 22.2 Å². The van der Waals surface area contributed by atoms with E-state index >= 15 is 0 Å². The van der Waals surface area contributed by atoms with E-state index < -0.39 is 5.91 Å². The molecule has 192 valence electrons. The number of hydrogen-bond donors (Lipinski definition) is 1. The molecule has 0 aromatic heterocycles. The van der Waals surface area contributed by atoms with Gasteiger partial charge in [-0.3, -0.25) is 4.79 Å². The van der Waals surface area contributed by atoms with Crippen LogP contribution in [0.3, 0.4) is 0 Å². The highest BCUT2D eigenvalue weighted by atomic mass is 35.5. The highest BCUT2D eigenvalue weighted by Gasteiger charge is 2.13. The van der Waals surface area contributed by atoms with E-state index in [4.69, 9.17) is 37.4 Å². The normalized spacial score (nSPS) is 11.1. The first kappa shape index (κ1) is 28.1. The van der Waals surface area contributed by atoms with Crippen LogP contribution < -0.4 is 14.8 Å². The van der Waals surface area contributed by atoms with E-state index in [0.29, 0.717) is 36.8 Å². The number of nitriles is 1. The minimum absolute atomic E-state index is 0.0854. The number of ether oxygens (including phenoxy) is 3. The average molecular weight is 539 g/mol. The topological polar surface area (TPSA) is 80.6 Å². The Balaban J connectivity index is 1.49. The van der Waals surface area contributed by atoms with E-state index in [1.165, 1.54) is 17.2 Å². The Kier molecular flexibility index (Phi) is 10.4. The predicted molar refractivity (Wildman–Crippen MR) is 148 cm³/mol. The molecular formula is C29H28Cl2N2O4. The van der Waals surface area contributed by atoms with Gasteiger partial charge in [-0.1, -0.05) is 47.0 Å². The monoisotopic (exact) mass is 538 g/mol. The lowest BCUT2D eigenvalue weighted by Crippen LogP contribution is -2.13. The molecule has 0 aliphatic carbocycles. The quantitative estimate of drug-likeness (QED) is 0.162. The lowest BCUT2D eigenvalue weighted by atomic mass is 10.1. The van der Waals surface area contributed by atoms with Gasteiger partial charge in [0.05, 0.1) is 23.3 Å². The third kappa shape index (κ3) is 8.54. The summed E-state index contributed by atoms with van der Waals surface area (Å²) in [7, 11) is 0. The van der Waals surface area contributed by atoms with Crippen molar-refractivity contribution < 1.29 is 19.0 Å². The SMILES string of the molecule is Cc1ccc(NC(=O)/C(C#N)=C/c2cc(Cl)c(OCCOCCOc3ccc(C)c(C)c3)c(Cl)c2)cc1. The number of anilines is 1. The van der Waals surface area contributed by atoms with Crippen molar-refractivity contribution in [2.24, 2.45) is 0 Å². The molecule has 1 amide bonds. The Hall–Kier alpha value is -3.50. The van der Waals surface area contributed by atoms with Crippen LogP contribution in [-0.4, -0.2) is 32.3 Å². The number of halogens is 2. The predicted octanol–water partition coefficient (Wildman–Crippen LogP) is 6.94. The molecule has 0 saturated heterocycles. The van der Waals surface area contributed by atoms with E-state index in [1.54, 1.807) is 24.3 Å². The maximum Gasteiger partial charge on any atom is 0.266 e. The maximum absolute atomic E-state index is 12.5. The number of rotatable bonds is 11. The fourth-order valence-electron chi connectivity index (χ4n) is 3.28. The van der Waals surface area contributed by atoms with Crippen LogP contribution in [0, 0.1) is 32.1 Å². The van der Waals surface area contributed by atoms with Crippen LogP contribution in [0.5, 0.6) is 11.5 Å². The van der Waals surface area contributed by atoms with Crippen molar-refractivity contribution in [2.75, 3.05) is 31.7 Å². The molecule has 0 heterocycles. The Morgan fingerprint density at radius 1 is 0.892 bits per heavy atom. The second-order valence-corrected chi connectivity index (χ2v) is 9.17. The number of amides is 1. The molecule has 0 radical (unpaired) electrons. The van der Waals surface area contributed by atoms with Gasteiger partial charge in [0.25, 0.3) is 5.91 Å². The van der Waals surface area contributed by atoms with Crippen LogP contribution in [0.2, 0.25) is 10.0 Å². The van der Waals surface area contributed by atoms with E-state index in [9.17, 15) is 10.1 Å². The third-order valence-corrected chi connectivity index (χ3v) is 6.02. The summed E-state index contributed by atoms with van der Waals surface area (Å²) in [6.07, 6.45) is 1.42. The zero-order valence-corrected chi connectivity index (χ0v) is 22.4. The number of benzene rings is 3. The fourth-order valence-corrected chi connectivity index (χ4v) is 3.89. The molecule has 8 heteroatoms. The molecule has 6 nitrogen and oxygen atoms in total. The van der Waals surface area contributed by atoms with Gasteiger partial charge in [0.2, 0.25) is 0 Å². The summed E-state index contributed by atoms with van der Waals surface area (Å²) in [5.74, 6) is 0.582. The molecule has 0 saturated carbocycles. The largest absolute Gasteiger partial charge is 0.491 e. The molecule has 1 N–H and O–H groups in total. The third-order valence-electron chi connectivity index (χ3n) is 5.45.